The monoisotopic (exact) mass is 384 g/mol. The van der Waals surface area contributed by atoms with E-state index in [2.05, 4.69) is 62.6 Å². The van der Waals surface area contributed by atoms with Crippen LogP contribution in [0.15, 0.2) is 42.5 Å². The van der Waals surface area contributed by atoms with Crippen LogP contribution in [-0.4, -0.2) is 17.8 Å². The van der Waals surface area contributed by atoms with Crippen molar-refractivity contribution in [1.29, 1.82) is 0 Å². The van der Waals surface area contributed by atoms with Crippen LogP contribution in [0.2, 0.25) is 0 Å². The fraction of sp³-hybridized carbons (Fsp3) is 0.409. The van der Waals surface area contributed by atoms with Crippen LogP contribution in [0.5, 0.6) is 11.5 Å². The van der Waals surface area contributed by atoms with Crippen LogP contribution in [-0.2, 0) is 0 Å². The molecule has 0 bridgehead atoms. The second kappa shape index (κ2) is 7.77. The van der Waals surface area contributed by atoms with Gasteiger partial charge in [0.25, 0.3) is 0 Å². The van der Waals surface area contributed by atoms with Crippen LogP contribution in [0, 0.1) is 0 Å². The number of fused-ring (bicyclic) bond motifs is 1. The second-order valence-corrected chi connectivity index (χ2v) is 8.31. The average molecular weight is 385 g/mol. The van der Waals surface area contributed by atoms with Gasteiger partial charge < -0.3 is 20.1 Å². The molecule has 0 saturated heterocycles. The maximum atomic E-state index is 6.14. The molecular weight excluding hydrogens is 356 g/mol. The van der Waals surface area contributed by atoms with E-state index >= 15 is 0 Å². The summed E-state index contributed by atoms with van der Waals surface area (Å²) in [7, 11) is 1.66. The number of anilines is 1. The Kier molecular flexibility index (Phi) is 5.61. The van der Waals surface area contributed by atoms with Gasteiger partial charge in [-0.05, 0) is 61.8 Å². The largest absolute Gasteiger partial charge is 0.497 e. The fourth-order valence-corrected chi connectivity index (χ4v) is 3.62. The first-order chi connectivity index (χ1) is 12.8. The summed E-state index contributed by atoms with van der Waals surface area (Å²) in [4.78, 5) is 0. The lowest BCUT2D eigenvalue weighted by Crippen LogP contribution is -2.42. The standard InChI is InChI=1S/C22H28N2O2S/c1-14(2)15-6-8-16(9-7-15)23-21(27)24-19-13-22(3,4)26-20-12-17(25-5)10-11-18(19)20/h6-12,14,19H,13H2,1-5H3,(H2,23,24,27)/t19-/m1/s1. The summed E-state index contributed by atoms with van der Waals surface area (Å²) >= 11 is 5.57. The van der Waals surface area contributed by atoms with E-state index < -0.39 is 0 Å². The molecule has 0 spiro atoms. The second-order valence-electron chi connectivity index (χ2n) is 7.90. The highest BCUT2D eigenvalue weighted by Gasteiger charge is 2.34. The molecule has 27 heavy (non-hydrogen) atoms. The van der Waals surface area contributed by atoms with Gasteiger partial charge in [0.05, 0.1) is 13.2 Å². The molecule has 0 aliphatic carbocycles. The van der Waals surface area contributed by atoms with Gasteiger partial charge in [-0.1, -0.05) is 26.0 Å². The van der Waals surface area contributed by atoms with Gasteiger partial charge in [0.15, 0.2) is 5.11 Å². The minimum Gasteiger partial charge on any atom is -0.497 e. The van der Waals surface area contributed by atoms with E-state index in [0.29, 0.717) is 11.0 Å². The van der Waals surface area contributed by atoms with Gasteiger partial charge in [-0.2, -0.15) is 0 Å². The quantitative estimate of drug-likeness (QED) is 0.690. The summed E-state index contributed by atoms with van der Waals surface area (Å²) in [5, 5.41) is 7.35. The molecule has 1 atom stereocenters. The number of nitrogens with one attached hydrogen (secondary N) is 2. The lowest BCUT2D eigenvalue weighted by atomic mass is 9.89. The van der Waals surface area contributed by atoms with Gasteiger partial charge in [0.1, 0.15) is 17.1 Å². The summed E-state index contributed by atoms with van der Waals surface area (Å²) in [6.45, 7) is 8.55. The molecule has 144 valence electrons. The zero-order chi connectivity index (χ0) is 19.6. The molecule has 0 fully saturated rings. The van der Waals surface area contributed by atoms with Crippen LogP contribution in [0.1, 0.15) is 57.2 Å². The average Bonchev–Trinajstić information content (AvgIpc) is 2.60. The summed E-state index contributed by atoms with van der Waals surface area (Å²) in [5.41, 5.74) is 3.10. The van der Waals surface area contributed by atoms with Gasteiger partial charge in [0, 0.05) is 23.7 Å². The minimum atomic E-state index is -0.286. The van der Waals surface area contributed by atoms with Crippen molar-refractivity contribution in [2.24, 2.45) is 0 Å². The Morgan fingerprint density at radius 2 is 1.89 bits per heavy atom. The minimum absolute atomic E-state index is 0.0737. The Hall–Kier alpha value is -2.27. The maximum Gasteiger partial charge on any atom is 0.171 e. The van der Waals surface area contributed by atoms with Crippen molar-refractivity contribution in [3.8, 4) is 11.5 Å². The van der Waals surface area contributed by atoms with Crippen molar-refractivity contribution in [2.75, 3.05) is 12.4 Å². The first-order valence-corrected chi connectivity index (χ1v) is 9.72. The predicted molar refractivity (Wildman–Crippen MR) is 115 cm³/mol. The molecule has 0 amide bonds. The molecule has 0 unspecified atom stereocenters. The normalized spacial score (nSPS) is 17.6. The molecule has 0 saturated carbocycles. The van der Waals surface area contributed by atoms with E-state index in [0.717, 1.165) is 29.2 Å². The van der Waals surface area contributed by atoms with E-state index in [1.807, 2.05) is 18.2 Å². The van der Waals surface area contributed by atoms with Gasteiger partial charge >= 0.3 is 0 Å². The van der Waals surface area contributed by atoms with Crippen LogP contribution < -0.4 is 20.1 Å². The van der Waals surface area contributed by atoms with E-state index in [1.165, 1.54) is 5.56 Å². The van der Waals surface area contributed by atoms with Crippen LogP contribution in [0.3, 0.4) is 0 Å². The number of hydrogen-bond acceptors (Lipinski definition) is 3. The number of hydrogen-bond donors (Lipinski definition) is 2. The van der Waals surface area contributed by atoms with Crippen molar-refractivity contribution in [1.82, 2.24) is 5.32 Å². The lowest BCUT2D eigenvalue weighted by Gasteiger charge is -2.38. The molecule has 1 heterocycles. The lowest BCUT2D eigenvalue weighted by molar-refractivity contribution is 0.0693. The summed E-state index contributed by atoms with van der Waals surface area (Å²) < 4.78 is 11.5. The van der Waals surface area contributed by atoms with Crippen LogP contribution in [0.25, 0.3) is 0 Å². The third-order valence-corrected chi connectivity index (χ3v) is 5.04. The summed E-state index contributed by atoms with van der Waals surface area (Å²) in [6.07, 6.45) is 0.820. The number of ether oxygens (including phenoxy) is 2. The topological polar surface area (TPSA) is 42.5 Å². The fourth-order valence-electron chi connectivity index (χ4n) is 3.36. The van der Waals surface area contributed by atoms with Gasteiger partial charge in [-0.3, -0.25) is 0 Å². The highest BCUT2D eigenvalue weighted by atomic mass is 32.1. The number of methoxy groups -OCH3 is 1. The molecule has 4 nitrogen and oxygen atoms in total. The van der Waals surface area contributed by atoms with E-state index in [-0.39, 0.29) is 11.6 Å². The van der Waals surface area contributed by atoms with E-state index in [1.54, 1.807) is 7.11 Å². The van der Waals surface area contributed by atoms with Crippen molar-refractivity contribution < 1.29 is 9.47 Å². The highest BCUT2D eigenvalue weighted by Crippen LogP contribution is 2.41. The predicted octanol–water partition coefficient (Wildman–Crippen LogP) is 5.41. The first kappa shape index (κ1) is 19.5. The Balaban J connectivity index is 1.73. The number of benzene rings is 2. The van der Waals surface area contributed by atoms with Crippen LogP contribution in [0.4, 0.5) is 5.69 Å². The van der Waals surface area contributed by atoms with Crippen molar-refractivity contribution in [3.63, 3.8) is 0 Å². The molecular formula is C22H28N2O2S. The number of thiocarbonyl (C=S) groups is 1. The molecule has 5 heteroatoms. The summed E-state index contributed by atoms with van der Waals surface area (Å²) in [6, 6.07) is 14.4. The van der Waals surface area contributed by atoms with Crippen molar-refractivity contribution >= 4 is 23.0 Å². The molecule has 1 aliphatic rings. The van der Waals surface area contributed by atoms with Gasteiger partial charge in [-0.15, -0.1) is 0 Å². The zero-order valence-electron chi connectivity index (χ0n) is 16.6. The molecule has 2 aromatic carbocycles. The molecule has 0 radical (unpaired) electrons. The Labute approximate surface area is 167 Å². The summed E-state index contributed by atoms with van der Waals surface area (Å²) in [5.74, 6) is 2.14. The third kappa shape index (κ3) is 4.72. The van der Waals surface area contributed by atoms with Crippen LogP contribution >= 0.6 is 12.2 Å². The molecule has 2 N–H and O–H groups in total. The Morgan fingerprint density at radius 3 is 2.52 bits per heavy atom. The third-order valence-electron chi connectivity index (χ3n) is 4.82. The van der Waals surface area contributed by atoms with Gasteiger partial charge in [-0.25, -0.2) is 0 Å². The SMILES string of the molecule is COc1ccc2c(c1)OC(C)(C)C[C@H]2NC(=S)Nc1ccc(C(C)C)cc1. The maximum absolute atomic E-state index is 6.14. The Bertz CT molecular complexity index is 816. The molecule has 1 aliphatic heterocycles. The Morgan fingerprint density at radius 1 is 1.19 bits per heavy atom. The molecule has 0 aromatic heterocycles. The molecule has 3 rings (SSSR count). The van der Waals surface area contributed by atoms with Crippen molar-refractivity contribution in [3.05, 3.63) is 53.6 Å². The van der Waals surface area contributed by atoms with E-state index in [9.17, 15) is 0 Å². The zero-order valence-corrected chi connectivity index (χ0v) is 17.4. The van der Waals surface area contributed by atoms with E-state index in [4.69, 9.17) is 21.7 Å². The number of rotatable bonds is 4. The van der Waals surface area contributed by atoms with Crippen molar-refractivity contribution in [2.45, 2.75) is 51.7 Å². The van der Waals surface area contributed by atoms with Gasteiger partial charge in [0.2, 0.25) is 0 Å². The molecule has 2 aromatic rings. The smallest absolute Gasteiger partial charge is 0.171 e. The first-order valence-electron chi connectivity index (χ1n) is 9.32. The highest BCUT2D eigenvalue weighted by molar-refractivity contribution is 7.80.